The molecule has 1 aromatic heterocycles. The molecule has 1 N–H and O–H groups in total. The van der Waals surface area contributed by atoms with Crippen LogP contribution in [0.25, 0.3) is 0 Å². The summed E-state index contributed by atoms with van der Waals surface area (Å²) in [6.45, 7) is 3.36. The van der Waals surface area contributed by atoms with Crippen LogP contribution in [-0.2, 0) is 6.54 Å². The van der Waals surface area contributed by atoms with E-state index in [1.165, 1.54) is 35.7 Å². The van der Waals surface area contributed by atoms with Gasteiger partial charge in [0.1, 0.15) is 0 Å². The molecule has 1 aliphatic rings. The Morgan fingerprint density at radius 3 is 2.89 bits per heavy atom. The van der Waals surface area contributed by atoms with Crippen molar-refractivity contribution in [3.63, 3.8) is 0 Å². The second-order valence-corrected chi connectivity index (χ2v) is 4.92. The Bertz CT molecular complexity index is 494. The zero-order valence-corrected chi connectivity index (χ0v) is 10.3. The van der Waals surface area contributed by atoms with Gasteiger partial charge in [-0.15, -0.1) is 0 Å². The van der Waals surface area contributed by atoms with Crippen molar-refractivity contribution in [3.05, 3.63) is 38.8 Å². The fourth-order valence-electron chi connectivity index (χ4n) is 1.83. The molecular formula is C12H17N3O3. The Morgan fingerprint density at radius 1 is 1.56 bits per heavy atom. The van der Waals surface area contributed by atoms with E-state index in [2.05, 4.69) is 5.32 Å². The third-order valence-electron chi connectivity index (χ3n) is 3.02. The Morgan fingerprint density at radius 2 is 2.28 bits per heavy atom. The first-order valence-corrected chi connectivity index (χ1v) is 6.14. The van der Waals surface area contributed by atoms with Crippen molar-refractivity contribution < 1.29 is 4.92 Å². The molecule has 6 heteroatoms. The largest absolute Gasteiger partial charge is 0.314 e. The highest BCUT2D eigenvalue weighted by atomic mass is 16.6. The normalized spacial score (nSPS) is 16.5. The van der Waals surface area contributed by atoms with Gasteiger partial charge in [0.25, 0.3) is 11.2 Å². The zero-order valence-electron chi connectivity index (χ0n) is 10.3. The lowest BCUT2D eigenvalue weighted by molar-refractivity contribution is -0.385. The fraction of sp³-hybridized carbons (Fsp3) is 0.583. The summed E-state index contributed by atoms with van der Waals surface area (Å²) in [5, 5.41) is 14.0. The number of rotatable bonds is 6. The molecule has 1 heterocycles. The number of hydrogen-bond acceptors (Lipinski definition) is 4. The van der Waals surface area contributed by atoms with Crippen molar-refractivity contribution in [2.75, 3.05) is 6.54 Å². The van der Waals surface area contributed by atoms with Crippen LogP contribution < -0.4 is 10.9 Å². The first kappa shape index (κ1) is 12.8. The van der Waals surface area contributed by atoms with Gasteiger partial charge in [-0.3, -0.25) is 14.9 Å². The number of nitrogens with zero attached hydrogens (tertiary/aromatic N) is 2. The Balaban J connectivity index is 1.99. The van der Waals surface area contributed by atoms with Gasteiger partial charge in [-0.1, -0.05) is 6.92 Å². The Hall–Kier alpha value is -1.69. The third-order valence-corrected chi connectivity index (χ3v) is 3.02. The zero-order chi connectivity index (χ0) is 13.1. The highest BCUT2D eigenvalue weighted by Crippen LogP contribution is 2.18. The van der Waals surface area contributed by atoms with Crippen LogP contribution in [0.4, 0.5) is 5.69 Å². The van der Waals surface area contributed by atoms with E-state index >= 15 is 0 Å². The smallest absolute Gasteiger partial charge is 0.285 e. The maximum atomic E-state index is 11.6. The fourth-order valence-corrected chi connectivity index (χ4v) is 1.83. The molecule has 0 bridgehead atoms. The third kappa shape index (κ3) is 3.40. The maximum Gasteiger partial charge on any atom is 0.285 e. The summed E-state index contributed by atoms with van der Waals surface area (Å²) in [5.41, 5.74) is -0.240. The van der Waals surface area contributed by atoms with Crippen molar-refractivity contribution in [1.29, 1.82) is 0 Å². The second-order valence-electron chi connectivity index (χ2n) is 4.92. The summed E-state index contributed by atoms with van der Waals surface area (Å²) in [5.74, 6) is 0.269. The molecule has 0 radical (unpaired) electrons. The van der Waals surface area contributed by atoms with Gasteiger partial charge in [-0.25, -0.2) is 0 Å². The minimum atomic E-state index is -0.483. The minimum absolute atomic E-state index is 0.0445. The maximum absolute atomic E-state index is 11.6. The van der Waals surface area contributed by atoms with Crippen LogP contribution in [0.3, 0.4) is 0 Å². The lowest BCUT2D eigenvalue weighted by Crippen LogP contribution is -2.29. The topological polar surface area (TPSA) is 77.2 Å². The second kappa shape index (κ2) is 5.30. The van der Waals surface area contributed by atoms with Crippen LogP contribution in [0, 0.1) is 16.0 Å². The van der Waals surface area contributed by atoms with Crippen LogP contribution >= 0.6 is 0 Å². The monoisotopic (exact) mass is 251 g/mol. The van der Waals surface area contributed by atoms with Gasteiger partial charge in [-0.2, -0.15) is 0 Å². The Kier molecular flexibility index (Phi) is 3.76. The summed E-state index contributed by atoms with van der Waals surface area (Å²) in [7, 11) is 0. The minimum Gasteiger partial charge on any atom is -0.314 e. The van der Waals surface area contributed by atoms with E-state index in [0.29, 0.717) is 12.6 Å². The molecule has 1 unspecified atom stereocenters. The molecule has 98 valence electrons. The van der Waals surface area contributed by atoms with Crippen molar-refractivity contribution in [1.82, 2.24) is 9.88 Å². The molecule has 0 aromatic carbocycles. The number of nitrogens with one attached hydrogen (secondary N) is 1. The van der Waals surface area contributed by atoms with Crippen LogP contribution in [0.2, 0.25) is 0 Å². The summed E-state index contributed by atoms with van der Waals surface area (Å²) in [6.07, 6.45) is 3.77. The van der Waals surface area contributed by atoms with Gasteiger partial charge in [0.2, 0.25) is 0 Å². The molecule has 0 saturated heterocycles. The molecule has 1 fully saturated rings. The predicted molar refractivity (Wildman–Crippen MR) is 67.5 cm³/mol. The van der Waals surface area contributed by atoms with E-state index in [1.54, 1.807) is 0 Å². The molecule has 1 aromatic rings. The molecule has 0 aliphatic heterocycles. The van der Waals surface area contributed by atoms with Crippen molar-refractivity contribution in [2.24, 2.45) is 5.92 Å². The molecule has 1 atom stereocenters. The molecular weight excluding hydrogens is 234 g/mol. The van der Waals surface area contributed by atoms with Gasteiger partial charge >= 0.3 is 0 Å². The first-order chi connectivity index (χ1) is 8.56. The van der Waals surface area contributed by atoms with Crippen molar-refractivity contribution >= 4 is 5.69 Å². The van der Waals surface area contributed by atoms with E-state index < -0.39 is 4.92 Å². The SMILES string of the molecule is CC(CNC1CC1)Cn1cc([N+](=O)[O-])ccc1=O. The predicted octanol–water partition coefficient (Wildman–Crippen LogP) is 1.14. The molecule has 1 saturated carbocycles. The van der Waals surface area contributed by atoms with E-state index in [-0.39, 0.29) is 17.2 Å². The molecule has 2 rings (SSSR count). The van der Waals surface area contributed by atoms with Crippen LogP contribution in [-0.4, -0.2) is 22.1 Å². The lowest BCUT2D eigenvalue weighted by atomic mass is 10.2. The highest BCUT2D eigenvalue weighted by Gasteiger charge is 2.21. The molecule has 0 amide bonds. The molecule has 0 spiro atoms. The van der Waals surface area contributed by atoms with E-state index in [1.807, 2.05) is 6.92 Å². The number of nitro groups is 1. The van der Waals surface area contributed by atoms with E-state index in [9.17, 15) is 14.9 Å². The summed E-state index contributed by atoms with van der Waals surface area (Å²) >= 11 is 0. The summed E-state index contributed by atoms with van der Waals surface area (Å²) in [6, 6.07) is 3.12. The first-order valence-electron chi connectivity index (χ1n) is 6.14. The number of hydrogen-bond donors (Lipinski definition) is 1. The summed E-state index contributed by atoms with van der Waals surface area (Å²) < 4.78 is 1.41. The highest BCUT2D eigenvalue weighted by molar-refractivity contribution is 5.24. The van der Waals surface area contributed by atoms with Crippen LogP contribution in [0.1, 0.15) is 19.8 Å². The van der Waals surface area contributed by atoms with Gasteiger partial charge in [0.15, 0.2) is 0 Å². The molecule has 1 aliphatic carbocycles. The van der Waals surface area contributed by atoms with Crippen LogP contribution in [0.5, 0.6) is 0 Å². The molecule has 18 heavy (non-hydrogen) atoms. The van der Waals surface area contributed by atoms with E-state index in [4.69, 9.17) is 0 Å². The van der Waals surface area contributed by atoms with Crippen LogP contribution in [0.15, 0.2) is 23.1 Å². The Labute approximate surface area is 105 Å². The summed E-state index contributed by atoms with van der Waals surface area (Å²) in [4.78, 5) is 21.8. The van der Waals surface area contributed by atoms with E-state index in [0.717, 1.165) is 6.54 Å². The molecule has 6 nitrogen and oxygen atoms in total. The van der Waals surface area contributed by atoms with Gasteiger partial charge in [0.05, 0.1) is 11.1 Å². The average Bonchev–Trinajstić information content (AvgIpc) is 3.13. The van der Waals surface area contributed by atoms with Gasteiger partial charge < -0.3 is 9.88 Å². The van der Waals surface area contributed by atoms with Crippen molar-refractivity contribution in [3.8, 4) is 0 Å². The quantitative estimate of drug-likeness (QED) is 0.607. The van der Waals surface area contributed by atoms with Gasteiger partial charge in [0, 0.05) is 24.7 Å². The standard InChI is InChI=1S/C12H17N3O3/c1-9(6-13-10-2-3-10)7-14-8-11(15(17)18)4-5-12(14)16/h4-5,8-10,13H,2-3,6-7H2,1H3. The number of aromatic nitrogens is 1. The number of pyridine rings is 1. The van der Waals surface area contributed by atoms with Crippen molar-refractivity contribution in [2.45, 2.75) is 32.4 Å². The average molecular weight is 251 g/mol. The van der Waals surface area contributed by atoms with Gasteiger partial charge in [-0.05, 0) is 25.3 Å². The lowest BCUT2D eigenvalue weighted by Gasteiger charge is -2.13.